The molecule has 2 unspecified atom stereocenters. The Morgan fingerprint density at radius 2 is 2.25 bits per heavy atom. The van der Waals surface area contributed by atoms with Crippen LogP contribution in [0.5, 0.6) is 0 Å². The Kier molecular flexibility index (Phi) is 3.80. The Labute approximate surface area is 122 Å². The Morgan fingerprint density at radius 3 is 2.75 bits per heavy atom. The lowest BCUT2D eigenvalue weighted by molar-refractivity contribution is 0.0649. The summed E-state index contributed by atoms with van der Waals surface area (Å²) < 4.78 is 5.20. The van der Waals surface area contributed by atoms with Crippen LogP contribution in [-0.2, 0) is 5.41 Å². The van der Waals surface area contributed by atoms with Gasteiger partial charge in [-0.2, -0.15) is 0 Å². The highest BCUT2D eigenvalue weighted by molar-refractivity contribution is 6.25. The Bertz CT molecular complexity index is 523. The van der Waals surface area contributed by atoms with Gasteiger partial charge in [0, 0.05) is 18.0 Å². The van der Waals surface area contributed by atoms with E-state index < -0.39 is 17.8 Å². The summed E-state index contributed by atoms with van der Waals surface area (Å²) in [6.07, 6.45) is 0.403. The van der Waals surface area contributed by atoms with Crippen LogP contribution in [0.25, 0.3) is 0 Å². The Morgan fingerprint density at radius 1 is 1.60 bits per heavy atom. The summed E-state index contributed by atoms with van der Waals surface area (Å²) in [4.78, 5) is 14.7. The third-order valence-corrected chi connectivity index (χ3v) is 3.51. The van der Waals surface area contributed by atoms with Crippen molar-refractivity contribution in [3.63, 3.8) is 0 Å². The third-order valence-electron chi connectivity index (χ3n) is 3.09. The molecular weight excluding hydrogens is 282 g/mol. The quantitative estimate of drug-likeness (QED) is 0.528. The van der Waals surface area contributed by atoms with E-state index in [2.05, 4.69) is 11.7 Å². The molecule has 1 aromatic heterocycles. The number of rotatable bonds is 3. The molecule has 1 aromatic rings. The number of aliphatic hydroxyl groups is 1. The van der Waals surface area contributed by atoms with Crippen LogP contribution < -0.4 is 4.90 Å². The minimum atomic E-state index is -1.12. The molecule has 2 rings (SSSR count). The molecule has 0 aromatic carbocycles. The number of urea groups is 1. The summed E-state index contributed by atoms with van der Waals surface area (Å²) in [5, 5.41) is 13.9. The number of carbonyl (C=O) groups is 1. The first kappa shape index (κ1) is 14.9. The monoisotopic (exact) mass is 299 g/mol. The summed E-state index contributed by atoms with van der Waals surface area (Å²) in [6, 6.07) is 1.23. The normalized spacial score (nSPS) is 23.6. The standard InChI is InChI=1S/C13H18ClN3O3/c1-5-6-16-11(18)10(14)17(12(16)19)9-7-8(15-20-9)13(2,3)4/h5,7,10-11,18H,1,6H2,2-4H3. The average Bonchev–Trinajstić information content (AvgIpc) is 2.90. The van der Waals surface area contributed by atoms with Crippen molar-refractivity contribution in [1.82, 2.24) is 10.1 Å². The molecule has 2 amide bonds. The molecule has 0 spiro atoms. The average molecular weight is 300 g/mol. The van der Waals surface area contributed by atoms with Crippen molar-refractivity contribution >= 4 is 23.5 Å². The molecule has 0 radical (unpaired) electrons. The maximum Gasteiger partial charge on any atom is 0.330 e. The molecule has 0 aliphatic carbocycles. The van der Waals surface area contributed by atoms with Crippen LogP contribution in [0.4, 0.5) is 10.7 Å². The Balaban J connectivity index is 2.31. The summed E-state index contributed by atoms with van der Waals surface area (Å²) in [5.74, 6) is 0.227. The molecule has 1 fully saturated rings. The molecule has 7 heteroatoms. The molecular formula is C13H18ClN3O3. The molecule has 0 bridgehead atoms. The van der Waals surface area contributed by atoms with E-state index in [1.54, 1.807) is 6.07 Å². The summed E-state index contributed by atoms with van der Waals surface area (Å²) >= 11 is 6.10. The first-order valence-electron chi connectivity index (χ1n) is 6.27. The van der Waals surface area contributed by atoms with Crippen molar-refractivity contribution < 1.29 is 14.4 Å². The first-order valence-corrected chi connectivity index (χ1v) is 6.71. The predicted molar refractivity (Wildman–Crippen MR) is 75.6 cm³/mol. The van der Waals surface area contributed by atoms with Gasteiger partial charge < -0.3 is 9.63 Å². The molecule has 1 aliphatic heterocycles. The second-order valence-corrected chi connectivity index (χ2v) is 6.13. The van der Waals surface area contributed by atoms with Gasteiger partial charge in [0.25, 0.3) is 0 Å². The van der Waals surface area contributed by atoms with Crippen LogP contribution in [0.1, 0.15) is 26.5 Å². The van der Waals surface area contributed by atoms with Crippen molar-refractivity contribution in [2.24, 2.45) is 0 Å². The van der Waals surface area contributed by atoms with Crippen molar-refractivity contribution in [1.29, 1.82) is 0 Å². The third kappa shape index (κ3) is 2.41. The van der Waals surface area contributed by atoms with Gasteiger partial charge in [0.1, 0.15) is 0 Å². The smallest absolute Gasteiger partial charge is 0.330 e. The maximum absolute atomic E-state index is 12.2. The van der Waals surface area contributed by atoms with E-state index in [-0.39, 0.29) is 17.8 Å². The highest BCUT2D eigenvalue weighted by Crippen LogP contribution is 2.33. The summed E-state index contributed by atoms with van der Waals surface area (Å²) in [6.45, 7) is 9.71. The van der Waals surface area contributed by atoms with Crippen LogP contribution in [0.3, 0.4) is 0 Å². The zero-order chi connectivity index (χ0) is 15.1. The van der Waals surface area contributed by atoms with E-state index in [9.17, 15) is 9.90 Å². The van der Waals surface area contributed by atoms with Crippen molar-refractivity contribution in [2.75, 3.05) is 11.4 Å². The van der Waals surface area contributed by atoms with Gasteiger partial charge in [0.15, 0.2) is 11.7 Å². The van der Waals surface area contributed by atoms with Gasteiger partial charge in [-0.1, -0.05) is 43.6 Å². The maximum atomic E-state index is 12.2. The van der Waals surface area contributed by atoms with Gasteiger partial charge >= 0.3 is 6.03 Å². The van der Waals surface area contributed by atoms with Gasteiger partial charge in [0.2, 0.25) is 5.88 Å². The first-order chi connectivity index (χ1) is 9.27. The van der Waals surface area contributed by atoms with E-state index in [0.717, 1.165) is 0 Å². The molecule has 110 valence electrons. The number of halogens is 1. The van der Waals surface area contributed by atoms with Crippen molar-refractivity contribution in [3.8, 4) is 0 Å². The summed E-state index contributed by atoms with van der Waals surface area (Å²) in [7, 11) is 0. The molecule has 2 atom stereocenters. The zero-order valence-corrected chi connectivity index (χ0v) is 12.5. The van der Waals surface area contributed by atoms with Gasteiger partial charge in [-0.25, -0.2) is 9.69 Å². The molecule has 1 aliphatic rings. The minimum Gasteiger partial charge on any atom is -0.370 e. The van der Waals surface area contributed by atoms with Crippen LogP contribution in [0.2, 0.25) is 0 Å². The Hall–Kier alpha value is -1.53. The number of carbonyl (C=O) groups excluding carboxylic acids is 1. The van der Waals surface area contributed by atoms with E-state index in [4.69, 9.17) is 16.1 Å². The second-order valence-electron chi connectivity index (χ2n) is 5.68. The lowest BCUT2D eigenvalue weighted by Gasteiger charge is -2.16. The van der Waals surface area contributed by atoms with Gasteiger partial charge in [-0.05, 0) is 0 Å². The molecule has 1 N–H and O–H groups in total. The number of amides is 2. The fourth-order valence-electron chi connectivity index (χ4n) is 1.91. The number of nitrogens with zero attached hydrogens (tertiary/aromatic N) is 3. The van der Waals surface area contributed by atoms with E-state index in [0.29, 0.717) is 5.69 Å². The fourth-order valence-corrected chi connectivity index (χ4v) is 2.23. The van der Waals surface area contributed by atoms with Crippen LogP contribution in [-0.4, -0.2) is 39.5 Å². The minimum absolute atomic E-state index is 0.203. The van der Waals surface area contributed by atoms with Crippen LogP contribution in [0, 0.1) is 0 Å². The van der Waals surface area contributed by atoms with Crippen molar-refractivity contribution in [3.05, 3.63) is 24.4 Å². The van der Waals surface area contributed by atoms with Crippen LogP contribution >= 0.6 is 11.6 Å². The highest BCUT2D eigenvalue weighted by atomic mass is 35.5. The number of hydrogen-bond acceptors (Lipinski definition) is 4. The second kappa shape index (κ2) is 5.10. The zero-order valence-electron chi connectivity index (χ0n) is 11.7. The van der Waals surface area contributed by atoms with Crippen LogP contribution in [0.15, 0.2) is 23.2 Å². The molecule has 2 heterocycles. The van der Waals surface area contributed by atoms with Crippen molar-refractivity contribution in [2.45, 2.75) is 37.9 Å². The number of anilines is 1. The topological polar surface area (TPSA) is 69.8 Å². The van der Waals surface area contributed by atoms with E-state index >= 15 is 0 Å². The highest BCUT2D eigenvalue weighted by Gasteiger charge is 2.46. The molecule has 20 heavy (non-hydrogen) atoms. The number of aliphatic hydroxyl groups excluding tert-OH is 1. The number of alkyl halides is 1. The van der Waals surface area contributed by atoms with E-state index in [1.165, 1.54) is 15.9 Å². The predicted octanol–water partition coefficient (Wildman–Crippen LogP) is 2.28. The van der Waals surface area contributed by atoms with Gasteiger partial charge in [-0.15, -0.1) is 6.58 Å². The molecule has 0 saturated carbocycles. The molecule has 1 saturated heterocycles. The van der Waals surface area contributed by atoms with E-state index in [1.807, 2.05) is 20.8 Å². The number of aromatic nitrogens is 1. The largest absolute Gasteiger partial charge is 0.370 e. The lowest BCUT2D eigenvalue weighted by atomic mass is 9.92. The SMILES string of the molecule is C=CCN1C(=O)N(c2cc(C(C)(C)C)no2)C(Cl)C1O. The fraction of sp³-hybridized carbons (Fsp3) is 0.538. The summed E-state index contributed by atoms with van der Waals surface area (Å²) in [5.41, 5.74) is -0.421. The van der Waals surface area contributed by atoms with Gasteiger partial charge in [-0.3, -0.25) is 4.90 Å². The number of hydrogen-bond donors (Lipinski definition) is 1. The lowest BCUT2D eigenvalue weighted by Crippen LogP contribution is -2.35. The molecule has 6 nitrogen and oxygen atoms in total. The van der Waals surface area contributed by atoms with Gasteiger partial charge in [0.05, 0.1) is 5.69 Å².